The van der Waals surface area contributed by atoms with Crippen LogP contribution in [0, 0.1) is 0 Å². The zero-order chi connectivity index (χ0) is 5.11. The molecule has 1 aliphatic rings. The highest BCUT2D eigenvalue weighted by Gasteiger charge is 2.17. The van der Waals surface area contributed by atoms with Crippen LogP contribution in [-0.2, 0) is 0 Å². The monoisotopic (exact) mass is 114 g/mol. The van der Waals surface area contributed by atoms with Crippen LogP contribution in [0.5, 0.6) is 0 Å². The zero-order valence-electron chi connectivity index (χ0n) is 4.56. The van der Waals surface area contributed by atoms with Gasteiger partial charge < -0.3 is 4.16 Å². The van der Waals surface area contributed by atoms with Gasteiger partial charge in [0, 0.05) is 0 Å². The van der Waals surface area contributed by atoms with E-state index in [4.69, 9.17) is 4.16 Å². The molecule has 0 radical (unpaired) electrons. The molecule has 1 aliphatic heterocycles. The van der Waals surface area contributed by atoms with Gasteiger partial charge in [-0.15, -0.1) is 0 Å². The van der Waals surface area contributed by atoms with Crippen LogP contribution in [0.15, 0.2) is 0 Å². The maximum absolute atomic E-state index is 9.05. The predicted molar refractivity (Wildman–Crippen MR) is 31.4 cm³/mol. The molecule has 0 amide bonds. The normalized spacial score (nSPS) is 22.7. The fraction of sp³-hybridized carbons (Fsp3) is 1.00. The first-order valence-corrected chi connectivity index (χ1v) is 5.22. The third-order valence-corrected chi connectivity index (χ3v) is 3.72. The van der Waals surface area contributed by atoms with Gasteiger partial charge >= 0.3 is 14.5 Å². The summed E-state index contributed by atoms with van der Waals surface area (Å²) in [7, 11) is 0. The van der Waals surface area contributed by atoms with Crippen molar-refractivity contribution >= 4 is 14.5 Å². The van der Waals surface area contributed by atoms with E-state index in [-0.39, 0.29) is 0 Å². The van der Waals surface area contributed by atoms with E-state index in [2.05, 4.69) is 0 Å². The number of hydrogen-bond acceptors (Lipinski definition) is 1. The first-order valence-electron chi connectivity index (χ1n) is 3.07. The Balaban J connectivity index is 2.12. The highest BCUT2D eigenvalue weighted by atomic mass is 27.2. The minimum absolute atomic E-state index is 1.09. The highest BCUT2D eigenvalue weighted by molar-refractivity contribution is 6.50. The standard InChI is InChI=1S/C5H10.Al.H2O/c1-3-5-4-2;;/h1-5H2;;1H2/q;+1;/p-1. The molecule has 0 unspecified atom stereocenters. The SMILES string of the molecule is [OH][Al]1[CH2]CCC[CH2]1. The van der Waals surface area contributed by atoms with Crippen LogP contribution in [0.25, 0.3) is 0 Å². The second kappa shape index (κ2) is 2.72. The first-order chi connectivity index (χ1) is 3.39. The van der Waals surface area contributed by atoms with Crippen molar-refractivity contribution in [1.29, 1.82) is 0 Å². The van der Waals surface area contributed by atoms with Crippen LogP contribution in [0.2, 0.25) is 10.6 Å². The van der Waals surface area contributed by atoms with Gasteiger partial charge in [0.1, 0.15) is 0 Å². The molecule has 7 heavy (non-hydrogen) atoms. The van der Waals surface area contributed by atoms with E-state index in [9.17, 15) is 0 Å². The van der Waals surface area contributed by atoms with Crippen LogP contribution in [0.3, 0.4) is 0 Å². The van der Waals surface area contributed by atoms with E-state index >= 15 is 0 Å². The lowest BCUT2D eigenvalue weighted by atomic mass is 10.3. The van der Waals surface area contributed by atoms with Crippen LogP contribution in [0.1, 0.15) is 19.3 Å². The molecule has 1 fully saturated rings. The summed E-state index contributed by atoms with van der Waals surface area (Å²) in [5.41, 5.74) is 0. The Kier molecular flexibility index (Phi) is 2.18. The Hall–Kier alpha value is 0.492. The van der Waals surface area contributed by atoms with E-state index in [1.54, 1.807) is 0 Å². The lowest BCUT2D eigenvalue weighted by molar-refractivity contribution is 0.533. The molecule has 0 atom stereocenters. The van der Waals surface area contributed by atoms with Crippen LogP contribution >= 0.6 is 0 Å². The molecule has 0 saturated carbocycles. The molecule has 40 valence electrons. The fourth-order valence-electron chi connectivity index (χ4n) is 1.08. The van der Waals surface area contributed by atoms with Crippen molar-refractivity contribution in [2.24, 2.45) is 0 Å². The average molecular weight is 114 g/mol. The summed E-state index contributed by atoms with van der Waals surface area (Å²) in [5, 5.41) is 2.36. The van der Waals surface area contributed by atoms with E-state index in [0.29, 0.717) is 0 Å². The summed E-state index contributed by atoms with van der Waals surface area (Å²) in [4.78, 5) is 0. The summed E-state index contributed by atoms with van der Waals surface area (Å²) >= 11 is -1.09. The minimum atomic E-state index is -1.09. The summed E-state index contributed by atoms with van der Waals surface area (Å²) < 4.78 is 9.05. The average Bonchev–Trinajstić information content (AvgIpc) is 1.69. The van der Waals surface area contributed by atoms with E-state index in [1.165, 1.54) is 29.8 Å². The van der Waals surface area contributed by atoms with Crippen LogP contribution in [-0.4, -0.2) is 18.6 Å². The van der Waals surface area contributed by atoms with Gasteiger partial charge in [0.25, 0.3) is 0 Å². The van der Waals surface area contributed by atoms with Crippen molar-refractivity contribution in [2.45, 2.75) is 29.8 Å². The Morgan fingerprint density at radius 2 is 1.57 bits per heavy atom. The molecule has 1 saturated heterocycles. The summed E-state index contributed by atoms with van der Waals surface area (Å²) in [6, 6.07) is 0. The molecule has 1 rings (SSSR count). The highest BCUT2D eigenvalue weighted by Crippen LogP contribution is 2.15. The third-order valence-electron chi connectivity index (χ3n) is 1.57. The molecule has 0 aromatic carbocycles. The molecule has 1 N–H and O–H groups in total. The lowest BCUT2D eigenvalue weighted by Crippen LogP contribution is -2.14. The minimum Gasteiger partial charge on any atom is -0.516 e. The second-order valence-electron chi connectivity index (χ2n) is 2.29. The summed E-state index contributed by atoms with van der Waals surface area (Å²) in [6.45, 7) is 0. The zero-order valence-corrected chi connectivity index (χ0v) is 5.71. The molecule has 0 aromatic heterocycles. The van der Waals surface area contributed by atoms with Gasteiger partial charge in [-0.25, -0.2) is 0 Å². The molecular weight excluding hydrogens is 103 g/mol. The van der Waals surface area contributed by atoms with E-state index in [1.807, 2.05) is 0 Å². The molecule has 2 heteroatoms. The molecule has 0 bridgehead atoms. The molecule has 0 aromatic rings. The van der Waals surface area contributed by atoms with Gasteiger partial charge in [-0.3, -0.25) is 0 Å². The molecule has 1 nitrogen and oxygen atoms in total. The van der Waals surface area contributed by atoms with Gasteiger partial charge in [-0.1, -0.05) is 29.8 Å². The van der Waals surface area contributed by atoms with Gasteiger partial charge in [-0.05, 0) is 0 Å². The maximum Gasteiger partial charge on any atom is 0.458 e. The number of hydrogen-bond donors (Lipinski definition) is 1. The van der Waals surface area contributed by atoms with Gasteiger partial charge in [0.05, 0.1) is 0 Å². The summed E-state index contributed by atoms with van der Waals surface area (Å²) in [5.74, 6) is 0. The predicted octanol–water partition coefficient (Wildman–Crippen LogP) is 1.15. The topological polar surface area (TPSA) is 20.2 Å². The number of rotatable bonds is 0. The molecule has 1 heterocycles. The fourth-order valence-corrected chi connectivity index (χ4v) is 2.89. The van der Waals surface area contributed by atoms with Crippen molar-refractivity contribution < 1.29 is 4.16 Å². The second-order valence-corrected chi connectivity index (χ2v) is 4.75. The van der Waals surface area contributed by atoms with Crippen molar-refractivity contribution in [3.63, 3.8) is 0 Å². The maximum atomic E-state index is 9.05. The first kappa shape index (κ1) is 5.63. The Labute approximate surface area is 49.1 Å². The van der Waals surface area contributed by atoms with Gasteiger partial charge in [-0.2, -0.15) is 0 Å². The third kappa shape index (κ3) is 1.82. The van der Waals surface area contributed by atoms with Crippen molar-refractivity contribution in [3.8, 4) is 0 Å². The van der Waals surface area contributed by atoms with Crippen LogP contribution in [0.4, 0.5) is 0 Å². The Bertz CT molecular complexity index is 50.0. The Morgan fingerprint density at radius 1 is 1.00 bits per heavy atom. The van der Waals surface area contributed by atoms with Crippen molar-refractivity contribution in [2.75, 3.05) is 0 Å². The lowest BCUT2D eigenvalue weighted by Gasteiger charge is -2.08. The van der Waals surface area contributed by atoms with E-state index < -0.39 is 14.5 Å². The smallest absolute Gasteiger partial charge is 0.458 e. The van der Waals surface area contributed by atoms with E-state index in [0.717, 1.165) is 0 Å². The van der Waals surface area contributed by atoms with Crippen molar-refractivity contribution in [1.82, 2.24) is 0 Å². The van der Waals surface area contributed by atoms with Crippen LogP contribution < -0.4 is 0 Å². The largest absolute Gasteiger partial charge is 0.516 e. The Morgan fingerprint density at radius 3 is 1.86 bits per heavy atom. The quantitative estimate of drug-likeness (QED) is 0.468. The van der Waals surface area contributed by atoms with Crippen molar-refractivity contribution in [3.05, 3.63) is 0 Å². The van der Waals surface area contributed by atoms with Gasteiger partial charge in [0.2, 0.25) is 0 Å². The van der Waals surface area contributed by atoms with Gasteiger partial charge in [0.15, 0.2) is 0 Å². The molecule has 0 aliphatic carbocycles. The summed E-state index contributed by atoms with van der Waals surface area (Å²) in [6.07, 6.45) is 3.96. The molecular formula is C5H11AlO. The molecule has 0 spiro atoms.